The smallest absolute Gasteiger partial charge is 0.222 e. The maximum Gasteiger partial charge on any atom is 0.222 e. The van der Waals surface area contributed by atoms with Crippen LogP contribution in [0.1, 0.15) is 32.1 Å². The third-order valence-electron chi connectivity index (χ3n) is 4.89. The number of ether oxygens (including phenoxy) is 2. The standard InChI is InChI=1S/C16H25N3O3/c1-21-14-13-18(11-7-16(14)6-3-12-22-16)15(20)5-2-9-19-10-4-8-17-19/h4,8,10,14H,2-3,5-7,9,11-13H2,1H3/t14-,16-/m0/s1. The molecule has 0 aromatic carbocycles. The molecule has 0 radical (unpaired) electrons. The summed E-state index contributed by atoms with van der Waals surface area (Å²) in [4.78, 5) is 14.3. The molecule has 6 nitrogen and oxygen atoms in total. The second-order valence-electron chi connectivity index (χ2n) is 6.20. The van der Waals surface area contributed by atoms with Crippen molar-refractivity contribution in [3.05, 3.63) is 18.5 Å². The van der Waals surface area contributed by atoms with Gasteiger partial charge in [0.05, 0.1) is 5.60 Å². The lowest BCUT2D eigenvalue weighted by Crippen LogP contribution is -2.57. The summed E-state index contributed by atoms with van der Waals surface area (Å²) in [6.45, 7) is 3.03. The number of amides is 1. The van der Waals surface area contributed by atoms with Crippen LogP contribution in [0.4, 0.5) is 0 Å². The highest BCUT2D eigenvalue weighted by Gasteiger charge is 2.47. The Labute approximate surface area is 131 Å². The third kappa shape index (κ3) is 3.17. The van der Waals surface area contributed by atoms with Gasteiger partial charge in [-0.05, 0) is 31.7 Å². The topological polar surface area (TPSA) is 56.6 Å². The van der Waals surface area contributed by atoms with Gasteiger partial charge in [0.25, 0.3) is 0 Å². The molecular weight excluding hydrogens is 282 g/mol. The van der Waals surface area contributed by atoms with Gasteiger partial charge in [-0.3, -0.25) is 9.48 Å². The zero-order valence-electron chi connectivity index (χ0n) is 13.2. The van der Waals surface area contributed by atoms with Gasteiger partial charge in [-0.25, -0.2) is 0 Å². The molecule has 3 rings (SSSR count). The maximum absolute atomic E-state index is 12.4. The molecular formula is C16H25N3O3. The number of aromatic nitrogens is 2. The van der Waals surface area contributed by atoms with Crippen LogP contribution in [0.5, 0.6) is 0 Å². The molecule has 2 aliphatic heterocycles. The van der Waals surface area contributed by atoms with Crippen LogP contribution in [0.25, 0.3) is 0 Å². The van der Waals surface area contributed by atoms with Gasteiger partial charge in [-0.2, -0.15) is 5.10 Å². The van der Waals surface area contributed by atoms with Crippen LogP contribution in [-0.4, -0.2) is 59.1 Å². The summed E-state index contributed by atoms with van der Waals surface area (Å²) in [6, 6.07) is 1.90. The van der Waals surface area contributed by atoms with Gasteiger partial charge in [0, 0.05) is 52.2 Å². The first-order valence-corrected chi connectivity index (χ1v) is 8.15. The Bertz CT molecular complexity index is 483. The summed E-state index contributed by atoms with van der Waals surface area (Å²) in [6.07, 6.45) is 8.09. The van der Waals surface area contributed by atoms with E-state index in [2.05, 4.69) is 5.10 Å². The number of piperidine rings is 1. The fraction of sp³-hybridized carbons (Fsp3) is 0.750. The van der Waals surface area contributed by atoms with Crippen molar-refractivity contribution in [1.82, 2.24) is 14.7 Å². The minimum absolute atomic E-state index is 0.00110. The molecule has 0 saturated carbocycles. The molecule has 1 spiro atoms. The van der Waals surface area contributed by atoms with E-state index in [4.69, 9.17) is 9.47 Å². The number of methoxy groups -OCH3 is 1. The largest absolute Gasteiger partial charge is 0.377 e. The van der Waals surface area contributed by atoms with E-state index in [1.807, 2.05) is 21.8 Å². The van der Waals surface area contributed by atoms with Gasteiger partial charge < -0.3 is 14.4 Å². The molecule has 2 fully saturated rings. The minimum Gasteiger partial charge on any atom is -0.377 e. The van der Waals surface area contributed by atoms with Gasteiger partial charge in [0.15, 0.2) is 0 Å². The Morgan fingerprint density at radius 2 is 2.41 bits per heavy atom. The van der Waals surface area contributed by atoms with Crippen LogP contribution in [0.3, 0.4) is 0 Å². The van der Waals surface area contributed by atoms with E-state index in [-0.39, 0.29) is 17.6 Å². The van der Waals surface area contributed by atoms with E-state index in [0.29, 0.717) is 13.0 Å². The molecule has 0 unspecified atom stereocenters. The number of rotatable bonds is 5. The fourth-order valence-corrected chi connectivity index (χ4v) is 3.61. The molecule has 2 atom stereocenters. The van der Waals surface area contributed by atoms with E-state index in [9.17, 15) is 4.79 Å². The molecule has 6 heteroatoms. The SMILES string of the molecule is CO[C@H]1CN(C(=O)CCCn2cccn2)CC[C@@]12CCCO2. The average molecular weight is 307 g/mol. The van der Waals surface area contributed by atoms with Gasteiger partial charge in [-0.15, -0.1) is 0 Å². The Balaban J connectivity index is 1.49. The lowest BCUT2D eigenvalue weighted by atomic mass is 9.85. The predicted molar refractivity (Wildman–Crippen MR) is 81.4 cm³/mol. The van der Waals surface area contributed by atoms with Crippen LogP contribution in [-0.2, 0) is 20.8 Å². The van der Waals surface area contributed by atoms with E-state index in [0.717, 1.165) is 45.4 Å². The highest BCUT2D eigenvalue weighted by Crippen LogP contribution is 2.37. The number of carbonyl (C=O) groups excluding carboxylic acids is 1. The van der Waals surface area contributed by atoms with Crippen molar-refractivity contribution in [2.24, 2.45) is 0 Å². The van der Waals surface area contributed by atoms with Crippen molar-refractivity contribution in [3.63, 3.8) is 0 Å². The van der Waals surface area contributed by atoms with Crippen LogP contribution in [0.2, 0.25) is 0 Å². The Morgan fingerprint density at radius 3 is 3.09 bits per heavy atom. The van der Waals surface area contributed by atoms with E-state index in [1.165, 1.54) is 0 Å². The quantitative estimate of drug-likeness (QED) is 0.826. The Morgan fingerprint density at radius 1 is 1.50 bits per heavy atom. The summed E-state index contributed by atoms with van der Waals surface area (Å²) < 4.78 is 13.5. The summed E-state index contributed by atoms with van der Waals surface area (Å²) in [5.74, 6) is 0.210. The highest BCUT2D eigenvalue weighted by atomic mass is 16.5. The maximum atomic E-state index is 12.4. The molecule has 122 valence electrons. The first-order valence-electron chi connectivity index (χ1n) is 8.15. The number of nitrogens with zero attached hydrogens (tertiary/aromatic N) is 3. The van der Waals surface area contributed by atoms with Crippen molar-refractivity contribution in [2.45, 2.75) is 50.4 Å². The van der Waals surface area contributed by atoms with Gasteiger partial charge in [-0.1, -0.05) is 0 Å². The van der Waals surface area contributed by atoms with Gasteiger partial charge >= 0.3 is 0 Å². The summed E-state index contributed by atoms with van der Waals surface area (Å²) >= 11 is 0. The number of hydrogen-bond acceptors (Lipinski definition) is 4. The Hall–Kier alpha value is -1.40. The molecule has 0 aliphatic carbocycles. The second kappa shape index (κ2) is 6.79. The molecule has 3 heterocycles. The number of carbonyl (C=O) groups is 1. The zero-order valence-corrected chi connectivity index (χ0v) is 13.2. The normalized spacial score (nSPS) is 28.4. The van der Waals surface area contributed by atoms with Crippen LogP contribution >= 0.6 is 0 Å². The number of likely N-dealkylation sites (tertiary alicyclic amines) is 1. The fourth-order valence-electron chi connectivity index (χ4n) is 3.61. The van der Waals surface area contributed by atoms with Crippen LogP contribution < -0.4 is 0 Å². The molecule has 2 aliphatic rings. The van der Waals surface area contributed by atoms with Crippen molar-refractivity contribution >= 4 is 5.91 Å². The van der Waals surface area contributed by atoms with E-state index in [1.54, 1.807) is 13.3 Å². The van der Waals surface area contributed by atoms with Crippen LogP contribution in [0, 0.1) is 0 Å². The first kappa shape index (κ1) is 15.5. The zero-order chi connectivity index (χ0) is 15.4. The van der Waals surface area contributed by atoms with Crippen molar-refractivity contribution in [1.29, 1.82) is 0 Å². The van der Waals surface area contributed by atoms with Crippen LogP contribution in [0.15, 0.2) is 18.5 Å². The minimum atomic E-state index is -0.152. The lowest BCUT2D eigenvalue weighted by molar-refractivity contribution is -0.158. The molecule has 1 aromatic heterocycles. The monoisotopic (exact) mass is 307 g/mol. The number of hydrogen-bond donors (Lipinski definition) is 0. The van der Waals surface area contributed by atoms with Crippen molar-refractivity contribution in [3.8, 4) is 0 Å². The Kier molecular flexibility index (Phi) is 4.78. The molecule has 0 N–H and O–H groups in total. The second-order valence-corrected chi connectivity index (χ2v) is 6.20. The van der Waals surface area contributed by atoms with Gasteiger partial charge in [0.2, 0.25) is 5.91 Å². The molecule has 1 aromatic rings. The predicted octanol–water partition coefficient (Wildman–Crippen LogP) is 1.46. The van der Waals surface area contributed by atoms with Crippen molar-refractivity contribution in [2.75, 3.05) is 26.8 Å². The highest BCUT2D eigenvalue weighted by molar-refractivity contribution is 5.76. The summed E-state index contributed by atoms with van der Waals surface area (Å²) in [5.41, 5.74) is -0.152. The molecule has 0 bridgehead atoms. The molecule has 22 heavy (non-hydrogen) atoms. The third-order valence-corrected chi connectivity index (χ3v) is 4.89. The van der Waals surface area contributed by atoms with Gasteiger partial charge in [0.1, 0.15) is 6.10 Å². The number of aryl methyl sites for hydroxylation is 1. The first-order chi connectivity index (χ1) is 10.7. The summed E-state index contributed by atoms with van der Waals surface area (Å²) in [5, 5.41) is 4.15. The van der Waals surface area contributed by atoms with E-state index < -0.39 is 0 Å². The average Bonchev–Trinajstić information content (AvgIpc) is 3.20. The van der Waals surface area contributed by atoms with Crippen molar-refractivity contribution < 1.29 is 14.3 Å². The molecule has 2 saturated heterocycles. The van der Waals surface area contributed by atoms with E-state index >= 15 is 0 Å². The lowest BCUT2D eigenvalue weighted by Gasteiger charge is -2.44. The summed E-state index contributed by atoms with van der Waals surface area (Å²) in [7, 11) is 1.72. The molecule has 1 amide bonds.